The smallest absolute Gasteiger partial charge is 0.0455 e. The fraction of sp³-hybridized carbons (Fsp3) is 0.263. The van der Waals surface area contributed by atoms with Crippen LogP contribution in [0.15, 0.2) is 54.7 Å². The number of hydrogen-bond acceptors (Lipinski definition) is 1. The van der Waals surface area contributed by atoms with Crippen LogP contribution in [0, 0.1) is 5.92 Å². The van der Waals surface area contributed by atoms with E-state index in [0.29, 0.717) is 5.92 Å². The molecule has 0 saturated heterocycles. The van der Waals surface area contributed by atoms with Gasteiger partial charge in [-0.2, -0.15) is 0 Å². The summed E-state index contributed by atoms with van der Waals surface area (Å²) in [6.45, 7) is 5.37. The van der Waals surface area contributed by atoms with Gasteiger partial charge in [0, 0.05) is 29.3 Å². The maximum absolute atomic E-state index is 3.49. The number of fused-ring (bicyclic) bond motifs is 1. The van der Waals surface area contributed by atoms with Gasteiger partial charge in [-0.05, 0) is 47.7 Å². The Bertz CT molecular complexity index is 708. The lowest BCUT2D eigenvalue weighted by Gasteiger charge is -2.09. The third-order valence-corrected chi connectivity index (χ3v) is 3.72. The Kier molecular flexibility index (Phi) is 3.96. The SMILES string of the molecule is CC(C)Cc1ccc(CNc2ccc3[nH]ccc3c2)cc1. The van der Waals surface area contributed by atoms with Gasteiger partial charge in [0.05, 0.1) is 0 Å². The molecule has 1 heterocycles. The average Bonchev–Trinajstić information content (AvgIpc) is 2.93. The maximum Gasteiger partial charge on any atom is 0.0455 e. The lowest BCUT2D eigenvalue weighted by Crippen LogP contribution is -2.00. The molecule has 2 N–H and O–H groups in total. The van der Waals surface area contributed by atoms with Crippen LogP contribution in [0.1, 0.15) is 25.0 Å². The molecule has 21 heavy (non-hydrogen) atoms. The van der Waals surface area contributed by atoms with E-state index in [-0.39, 0.29) is 0 Å². The van der Waals surface area contributed by atoms with Crippen LogP contribution in [0.4, 0.5) is 5.69 Å². The predicted molar refractivity (Wildman–Crippen MR) is 90.6 cm³/mol. The first kappa shape index (κ1) is 13.7. The Morgan fingerprint density at radius 2 is 1.71 bits per heavy atom. The third kappa shape index (κ3) is 3.46. The zero-order chi connectivity index (χ0) is 14.7. The van der Waals surface area contributed by atoms with Gasteiger partial charge in [0.15, 0.2) is 0 Å². The molecule has 2 heteroatoms. The minimum absolute atomic E-state index is 0.710. The minimum atomic E-state index is 0.710. The second-order valence-corrected chi connectivity index (χ2v) is 6.05. The van der Waals surface area contributed by atoms with Gasteiger partial charge >= 0.3 is 0 Å². The molecule has 0 saturated carbocycles. The van der Waals surface area contributed by atoms with Crippen LogP contribution >= 0.6 is 0 Å². The van der Waals surface area contributed by atoms with Crippen molar-refractivity contribution in [3.05, 3.63) is 65.9 Å². The summed E-state index contributed by atoms with van der Waals surface area (Å²) < 4.78 is 0. The number of anilines is 1. The fourth-order valence-corrected chi connectivity index (χ4v) is 2.63. The number of hydrogen-bond donors (Lipinski definition) is 2. The molecule has 0 spiro atoms. The number of aromatic amines is 1. The van der Waals surface area contributed by atoms with Gasteiger partial charge in [-0.3, -0.25) is 0 Å². The molecule has 0 unspecified atom stereocenters. The molecular weight excluding hydrogens is 256 g/mol. The summed E-state index contributed by atoms with van der Waals surface area (Å²) in [6, 6.07) is 17.4. The van der Waals surface area contributed by atoms with Crippen LogP contribution in [0.3, 0.4) is 0 Å². The van der Waals surface area contributed by atoms with E-state index < -0.39 is 0 Å². The van der Waals surface area contributed by atoms with Crippen molar-refractivity contribution in [2.75, 3.05) is 5.32 Å². The highest BCUT2D eigenvalue weighted by atomic mass is 14.9. The predicted octanol–water partition coefficient (Wildman–Crippen LogP) is 4.98. The molecule has 108 valence electrons. The summed E-state index contributed by atoms with van der Waals surface area (Å²) in [5, 5.41) is 4.73. The second kappa shape index (κ2) is 6.04. The molecule has 0 aliphatic rings. The highest BCUT2D eigenvalue weighted by molar-refractivity contribution is 5.82. The zero-order valence-electron chi connectivity index (χ0n) is 12.7. The lowest BCUT2D eigenvalue weighted by atomic mass is 10.0. The van der Waals surface area contributed by atoms with E-state index in [4.69, 9.17) is 0 Å². The van der Waals surface area contributed by atoms with Gasteiger partial charge in [-0.25, -0.2) is 0 Å². The topological polar surface area (TPSA) is 27.8 Å². The largest absolute Gasteiger partial charge is 0.381 e. The quantitative estimate of drug-likeness (QED) is 0.677. The normalized spacial score (nSPS) is 11.2. The van der Waals surface area contributed by atoms with Gasteiger partial charge in [0.2, 0.25) is 0 Å². The van der Waals surface area contributed by atoms with E-state index in [1.807, 2.05) is 6.20 Å². The molecule has 0 bridgehead atoms. The third-order valence-electron chi connectivity index (χ3n) is 3.72. The van der Waals surface area contributed by atoms with Crippen molar-refractivity contribution in [2.24, 2.45) is 5.92 Å². The van der Waals surface area contributed by atoms with Crippen molar-refractivity contribution in [3.8, 4) is 0 Å². The lowest BCUT2D eigenvalue weighted by molar-refractivity contribution is 0.647. The van der Waals surface area contributed by atoms with Crippen LogP contribution < -0.4 is 5.32 Å². The molecule has 1 aromatic heterocycles. The molecular formula is C19H22N2. The van der Waals surface area contributed by atoms with E-state index in [0.717, 1.165) is 18.7 Å². The molecule has 3 rings (SSSR count). The maximum atomic E-state index is 3.49. The van der Waals surface area contributed by atoms with Crippen LogP contribution in [0.5, 0.6) is 0 Å². The van der Waals surface area contributed by atoms with Crippen molar-refractivity contribution in [2.45, 2.75) is 26.8 Å². The Hall–Kier alpha value is -2.22. The number of nitrogens with one attached hydrogen (secondary N) is 2. The first-order valence-corrected chi connectivity index (χ1v) is 7.59. The summed E-state index contributed by atoms with van der Waals surface area (Å²) in [5.74, 6) is 0.710. The van der Waals surface area contributed by atoms with Gasteiger partial charge in [0.25, 0.3) is 0 Å². The van der Waals surface area contributed by atoms with E-state index in [1.54, 1.807) is 0 Å². The highest BCUT2D eigenvalue weighted by Crippen LogP contribution is 2.18. The van der Waals surface area contributed by atoms with Crippen molar-refractivity contribution in [1.29, 1.82) is 0 Å². The van der Waals surface area contributed by atoms with Crippen molar-refractivity contribution in [3.63, 3.8) is 0 Å². The molecule has 3 aromatic rings. The van der Waals surface area contributed by atoms with Crippen LogP contribution in [0.2, 0.25) is 0 Å². The number of rotatable bonds is 5. The second-order valence-electron chi connectivity index (χ2n) is 6.05. The molecule has 2 aromatic carbocycles. The van der Waals surface area contributed by atoms with Crippen molar-refractivity contribution in [1.82, 2.24) is 4.98 Å². The summed E-state index contributed by atoms with van der Waals surface area (Å²) in [6.07, 6.45) is 3.12. The fourth-order valence-electron chi connectivity index (χ4n) is 2.63. The number of aromatic nitrogens is 1. The molecule has 0 fully saturated rings. The summed E-state index contributed by atoms with van der Waals surface area (Å²) in [5.41, 5.74) is 5.08. The number of H-pyrrole nitrogens is 1. The molecule has 0 aliphatic heterocycles. The van der Waals surface area contributed by atoms with Gasteiger partial charge in [-0.1, -0.05) is 38.1 Å². The Morgan fingerprint density at radius 3 is 2.48 bits per heavy atom. The first-order valence-electron chi connectivity index (χ1n) is 7.59. The van der Waals surface area contributed by atoms with Crippen molar-refractivity contribution < 1.29 is 0 Å². The first-order chi connectivity index (χ1) is 10.2. The summed E-state index contributed by atoms with van der Waals surface area (Å²) >= 11 is 0. The monoisotopic (exact) mass is 278 g/mol. The van der Waals surface area contributed by atoms with Gasteiger partial charge in [0.1, 0.15) is 0 Å². The van der Waals surface area contributed by atoms with Crippen LogP contribution in [-0.4, -0.2) is 4.98 Å². The molecule has 0 radical (unpaired) electrons. The van der Waals surface area contributed by atoms with Crippen molar-refractivity contribution >= 4 is 16.6 Å². The Labute approximate surface area is 126 Å². The van der Waals surface area contributed by atoms with Gasteiger partial charge in [-0.15, -0.1) is 0 Å². The van der Waals surface area contributed by atoms with E-state index >= 15 is 0 Å². The van der Waals surface area contributed by atoms with E-state index in [2.05, 4.69) is 72.7 Å². The Morgan fingerprint density at radius 1 is 0.952 bits per heavy atom. The van der Waals surface area contributed by atoms with E-state index in [1.165, 1.54) is 22.0 Å². The molecule has 0 amide bonds. The highest BCUT2D eigenvalue weighted by Gasteiger charge is 2.00. The average molecular weight is 278 g/mol. The zero-order valence-corrected chi connectivity index (χ0v) is 12.7. The summed E-state index contributed by atoms with van der Waals surface area (Å²) in [7, 11) is 0. The Balaban J connectivity index is 1.63. The standard InChI is InChI=1S/C19H22N2/c1-14(2)11-15-3-5-16(6-4-15)13-21-18-7-8-19-17(12-18)9-10-20-19/h3-10,12,14,20-21H,11,13H2,1-2H3. The molecule has 2 nitrogen and oxygen atoms in total. The summed E-state index contributed by atoms with van der Waals surface area (Å²) in [4.78, 5) is 3.21. The van der Waals surface area contributed by atoms with Crippen LogP contribution in [-0.2, 0) is 13.0 Å². The van der Waals surface area contributed by atoms with Crippen LogP contribution in [0.25, 0.3) is 10.9 Å². The van der Waals surface area contributed by atoms with Gasteiger partial charge < -0.3 is 10.3 Å². The molecule has 0 aliphatic carbocycles. The minimum Gasteiger partial charge on any atom is -0.381 e. The number of benzene rings is 2. The molecule has 0 atom stereocenters. The van der Waals surface area contributed by atoms with E-state index in [9.17, 15) is 0 Å².